The Balaban J connectivity index is 1.01. The van der Waals surface area contributed by atoms with Gasteiger partial charge in [-0.15, -0.1) is 0 Å². The van der Waals surface area contributed by atoms with Gasteiger partial charge in [0.15, 0.2) is 23.3 Å². The zero-order valence-corrected chi connectivity index (χ0v) is 33.6. The average molecular weight is 792 g/mol. The molecule has 0 aliphatic rings. The molecule has 5 nitrogen and oxygen atoms in total. The quantitative estimate of drug-likeness (QED) is 0.153. The maximum Gasteiger partial charge on any atom is 0.164 e. The Bertz CT molecular complexity index is 3290. The minimum absolute atomic E-state index is 0.607. The van der Waals surface area contributed by atoms with Crippen LogP contribution < -0.4 is 0 Å². The van der Waals surface area contributed by atoms with E-state index in [-0.39, 0.29) is 0 Å². The molecule has 0 saturated heterocycles. The van der Waals surface area contributed by atoms with Gasteiger partial charge in [-0.25, -0.2) is 24.9 Å². The minimum Gasteiger partial charge on any atom is -0.228 e. The van der Waals surface area contributed by atoms with Crippen molar-refractivity contribution in [3.05, 3.63) is 224 Å². The molecule has 0 aliphatic heterocycles. The lowest BCUT2D eigenvalue weighted by molar-refractivity contribution is 1.08. The Morgan fingerprint density at radius 1 is 0.210 bits per heavy atom. The zero-order chi connectivity index (χ0) is 41.2. The van der Waals surface area contributed by atoms with Crippen molar-refractivity contribution in [1.82, 2.24) is 24.9 Å². The van der Waals surface area contributed by atoms with Gasteiger partial charge in [-0.3, -0.25) is 0 Å². The smallest absolute Gasteiger partial charge is 0.164 e. The van der Waals surface area contributed by atoms with Gasteiger partial charge in [-0.2, -0.15) is 0 Å². The molecule has 0 saturated carbocycles. The van der Waals surface area contributed by atoms with Gasteiger partial charge in [-0.05, 0) is 62.0 Å². The summed E-state index contributed by atoms with van der Waals surface area (Å²) < 4.78 is 0. The summed E-state index contributed by atoms with van der Waals surface area (Å²) >= 11 is 0. The van der Waals surface area contributed by atoms with E-state index in [1.165, 1.54) is 5.56 Å². The second-order valence-electron chi connectivity index (χ2n) is 15.3. The first-order chi connectivity index (χ1) is 30.7. The van der Waals surface area contributed by atoms with E-state index in [1.54, 1.807) is 0 Å². The maximum absolute atomic E-state index is 5.19. The SMILES string of the molecule is c1ccc(-c2ccc(-c3cc(-c4cccc(-c5cccc(-c6nc(-c7cccc8ccccc78)nc(-c7cccc8ccccc78)n6)c5)c4)nc(-c4ccccc4)n3)cc2)cc1. The lowest BCUT2D eigenvalue weighted by Crippen LogP contribution is -2.01. The van der Waals surface area contributed by atoms with E-state index >= 15 is 0 Å². The first-order valence-electron chi connectivity index (χ1n) is 20.7. The standard InChI is InChI=1S/C57H37N5/c1-3-15-38(16-4-1)39-31-33-42(34-32-39)52-37-53(59-54(58-52)43-19-5-2-6-20-43)46-25-11-23-44(35-46)45-24-12-26-47(36-45)55-60-56(50-29-13-21-40-17-7-9-27-48(40)50)62-57(61-55)51-30-14-22-41-18-8-10-28-49(41)51/h1-37H. The summed E-state index contributed by atoms with van der Waals surface area (Å²) in [6.45, 7) is 0. The van der Waals surface area contributed by atoms with Gasteiger partial charge in [-0.1, -0.05) is 206 Å². The normalized spacial score (nSPS) is 11.2. The van der Waals surface area contributed by atoms with Crippen LogP contribution in [0.25, 0.3) is 112 Å². The van der Waals surface area contributed by atoms with Gasteiger partial charge in [0, 0.05) is 33.4 Å². The molecule has 0 spiro atoms. The molecular weight excluding hydrogens is 755 g/mol. The third kappa shape index (κ3) is 7.18. The largest absolute Gasteiger partial charge is 0.228 e. The van der Waals surface area contributed by atoms with Crippen molar-refractivity contribution >= 4 is 21.5 Å². The first kappa shape index (κ1) is 36.7. The maximum atomic E-state index is 5.19. The van der Waals surface area contributed by atoms with E-state index < -0.39 is 0 Å². The predicted molar refractivity (Wildman–Crippen MR) is 254 cm³/mol. The molecule has 0 N–H and O–H groups in total. The fourth-order valence-electron chi connectivity index (χ4n) is 8.21. The molecule has 0 atom stereocenters. The number of aromatic nitrogens is 5. The molecule has 62 heavy (non-hydrogen) atoms. The molecule has 2 heterocycles. The van der Waals surface area contributed by atoms with Gasteiger partial charge < -0.3 is 0 Å². The van der Waals surface area contributed by atoms with E-state index in [2.05, 4.69) is 200 Å². The van der Waals surface area contributed by atoms with Crippen molar-refractivity contribution in [2.75, 3.05) is 0 Å². The lowest BCUT2D eigenvalue weighted by atomic mass is 9.98. The Hall–Kier alpha value is -8.41. The van der Waals surface area contributed by atoms with Crippen LogP contribution in [-0.4, -0.2) is 24.9 Å². The molecule has 2 aromatic heterocycles. The molecule has 0 fully saturated rings. The summed E-state index contributed by atoms with van der Waals surface area (Å²) in [5.41, 5.74) is 11.9. The summed E-state index contributed by atoms with van der Waals surface area (Å²) in [4.78, 5) is 25.8. The third-order valence-corrected chi connectivity index (χ3v) is 11.4. The highest BCUT2D eigenvalue weighted by atomic mass is 15.0. The van der Waals surface area contributed by atoms with E-state index in [0.717, 1.165) is 83.0 Å². The number of benzene rings is 9. The molecule has 0 aliphatic carbocycles. The van der Waals surface area contributed by atoms with Gasteiger partial charge in [0.25, 0.3) is 0 Å². The lowest BCUT2D eigenvalue weighted by Gasteiger charge is -2.13. The number of hydrogen-bond donors (Lipinski definition) is 0. The number of fused-ring (bicyclic) bond motifs is 2. The summed E-state index contributed by atoms with van der Waals surface area (Å²) in [5.74, 6) is 2.54. The van der Waals surface area contributed by atoms with E-state index in [1.807, 2.05) is 24.3 Å². The third-order valence-electron chi connectivity index (χ3n) is 11.4. The van der Waals surface area contributed by atoms with Crippen LogP contribution in [0.3, 0.4) is 0 Å². The molecule has 0 amide bonds. The van der Waals surface area contributed by atoms with Crippen LogP contribution in [0.15, 0.2) is 224 Å². The van der Waals surface area contributed by atoms with E-state index in [9.17, 15) is 0 Å². The molecular formula is C57H37N5. The molecule has 11 rings (SSSR count). The molecule has 11 aromatic rings. The van der Waals surface area contributed by atoms with Crippen LogP contribution in [-0.2, 0) is 0 Å². The number of rotatable bonds is 8. The molecule has 0 bridgehead atoms. The zero-order valence-electron chi connectivity index (χ0n) is 33.6. The number of hydrogen-bond acceptors (Lipinski definition) is 5. The van der Waals surface area contributed by atoms with Crippen molar-refractivity contribution in [3.63, 3.8) is 0 Å². The Morgan fingerprint density at radius 3 is 1.21 bits per heavy atom. The van der Waals surface area contributed by atoms with Gasteiger partial charge >= 0.3 is 0 Å². The monoisotopic (exact) mass is 791 g/mol. The highest BCUT2D eigenvalue weighted by molar-refractivity contribution is 5.97. The molecule has 5 heteroatoms. The van der Waals surface area contributed by atoms with Gasteiger partial charge in [0.2, 0.25) is 0 Å². The van der Waals surface area contributed by atoms with Crippen molar-refractivity contribution in [3.8, 4) is 90.3 Å². The summed E-state index contributed by atoms with van der Waals surface area (Å²) in [5, 5.41) is 4.45. The predicted octanol–water partition coefficient (Wildman–Crippen LogP) is 14.3. The van der Waals surface area contributed by atoms with E-state index in [0.29, 0.717) is 23.3 Å². The Labute approximate surface area is 359 Å². The molecule has 0 radical (unpaired) electrons. The highest BCUT2D eigenvalue weighted by Gasteiger charge is 2.17. The minimum atomic E-state index is 0.607. The Kier molecular flexibility index (Phi) is 9.45. The summed E-state index contributed by atoms with van der Waals surface area (Å²) in [6.07, 6.45) is 0. The summed E-state index contributed by atoms with van der Waals surface area (Å²) in [6, 6.07) is 77.6. The van der Waals surface area contributed by atoms with E-state index in [4.69, 9.17) is 24.9 Å². The van der Waals surface area contributed by atoms with Crippen molar-refractivity contribution in [1.29, 1.82) is 0 Å². The first-order valence-corrected chi connectivity index (χ1v) is 20.7. The second kappa shape index (κ2) is 16.0. The van der Waals surface area contributed by atoms with Crippen LogP contribution in [0.1, 0.15) is 0 Å². The highest BCUT2D eigenvalue weighted by Crippen LogP contribution is 2.35. The number of nitrogens with zero attached hydrogens (tertiary/aromatic N) is 5. The van der Waals surface area contributed by atoms with Gasteiger partial charge in [0.05, 0.1) is 11.4 Å². The van der Waals surface area contributed by atoms with Crippen molar-refractivity contribution in [2.24, 2.45) is 0 Å². The second-order valence-corrected chi connectivity index (χ2v) is 15.3. The average Bonchev–Trinajstić information content (AvgIpc) is 3.36. The van der Waals surface area contributed by atoms with Crippen LogP contribution in [0.4, 0.5) is 0 Å². The Morgan fingerprint density at radius 2 is 0.597 bits per heavy atom. The van der Waals surface area contributed by atoms with Crippen molar-refractivity contribution < 1.29 is 0 Å². The van der Waals surface area contributed by atoms with Gasteiger partial charge in [0.1, 0.15) is 0 Å². The topological polar surface area (TPSA) is 64.5 Å². The van der Waals surface area contributed by atoms with Crippen LogP contribution in [0.5, 0.6) is 0 Å². The van der Waals surface area contributed by atoms with Crippen molar-refractivity contribution in [2.45, 2.75) is 0 Å². The van der Waals surface area contributed by atoms with Crippen LogP contribution >= 0.6 is 0 Å². The molecule has 9 aromatic carbocycles. The fraction of sp³-hybridized carbons (Fsp3) is 0. The van der Waals surface area contributed by atoms with Crippen LogP contribution in [0.2, 0.25) is 0 Å². The molecule has 0 unspecified atom stereocenters. The fourth-order valence-corrected chi connectivity index (χ4v) is 8.21. The van der Waals surface area contributed by atoms with Crippen LogP contribution in [0, 0.1) is 0 Å². The summed E-state index contributed by atoms with van der Waals surface area (Å²) in [7, 11) is 0. The molecule has 290 valence electrons.